The quantitative estimate of drug-likeness (QED) is 0.696. The van der Waals surface area contributed by atoms with Crippen molar-refractivity contribution in [2.24, 2.45) is 0 Å². The molecule has 0 aliphatic carbocycles. The van der Waals surface area contributed by atoms with Gasteiger partial charge in [-0.05, 0) is 25.1 Å². The normalized spacial score (nSPS) is 17.4. The van der Waals surface area contributed by atoms with Crippen molar-refractivity contribution >= 4 is 16.6 Å². The monoisotopic (exact) mass is 264 g/mol. The molecule has 1 atom stereocenters. The van der Waals surface area contributed by atoms with Crippen LogP contribution in [-0.2, 0) is 0 Å². The molecule has 2 heterocycles. The number of rotatable bonds is 1. The van der Waals surface area contributed by atoms with Gasteiger partial charge in [0.2, 0.25) is 0 Å². The van der Waals surface area contributed by atoms with E-state index in [9.17, 15) is 0 Å². The van der Waals surface area contributed by atoms with Gasteiger partial charge in [0.15, 0.2) is 0 Å². The van der Waals surface area contributed by atoms with Crippen molar-refractivity contribution in [2.45, 2.75) is 13.0 Å². The molecule has 20 heavy (non-hydrogen) atoms. The van der Waals surface area contributed by atoms with Gasteiger partial charge in [0.25, 0.3) is 0 Å². The number of ether oxygens (including phenoxy) is 1. The van der Waals surface area contributed by atoms with Gasteiger partial charge in [0.05, 0.1) is 11.7 Å². The molecule has 0 radical (unpaired) electrons. The lowest BCUT2D eigenvalue weighted by Crippen LogP contribution is -2.24. The lowest BCUT2D eigenvalue weighted by molar-refractivity contribution is 0.287. The second kappa shape index (κ2) is 4.30. The first-order chi connectivity index (χ1) is 9.83. The number of H-pyrrole nitrogens is 1. The first-order valence-electron chi connectivity index (χ1n) is 6.88. The molecule has 0 bridgehead atoms. The maximum absolute atomic E-state index is 5.89. The molecular weight excluding hydrogens is 248 g/mol. The van der Waals surface area contributed by atoms with E-state index in [1.54, 1.807) is 0 Å². The van der Waals surface area contributed by atoms with E-state index in [2.05, 4.69) is 47.6 Å². The van der Waals surface area contributed by atoms with Crippen molar-refractivity contribution in [3.8, 4) is 5.75 Å². The lowest BCUT2D eigenvalue weighted by atomic mass is 10.0. The summed E-state index contributed by atoms with van der Waals surface area (Å²) in [5, 5.41) is 4.86. The fourth-order valence-electron chi connectivity index (χ4n) is 3.02. The van der Waals surface area contributed by atoms with E-state index in [1.165, 1.54) is 22.2 Å². The summed E-state index contributed by atoms with van der Waals surface area (Å²) in [6.45, 7) is 2.78. The van der Waals surface area contributed by atoms with Gasteiger partial charge in [0, 0.05) is 22.2 Å². The maximum Gasteiger partial charge on any atom is 0.142 e. The van der Waals surface area contributed by atoms with Crippen LogP contribution in [0.5, 0.6) is 5.75 Å². The van der Waals surface area contributed by atoms with E-state index in [0.29, 0.717) is 6.61 Å². The number of aryl methyl sites for hydroxylation is 1. The van der Waals surface area contributed by atoms with Crippen molar-refractivity contribution < 1.29 is 4.74 Å². The highest BCUT2D eigenvalue weighted by atomic mass is 16.5. The molecule has 2 N–H and O–H groups in total. The fraction of sp³-hybridized carbons (Fsp3) is 0.176. The summed E-state index contributed by atoms with van der Waals surface area (Å²) in [5.41, 5.74) is 4.75. The predicted octanol–water partition coefficient (Wildman–Crippen LogP) is 4.02. The number of nitrogens with one attached hydrogen (secondary N) is 2. The SMILES string of the molecule is Cc1[nH]c2ccccc2c1C1COc2ccccc2N1. The van der Waals surface area contributed by atoms with E-state index in [-0.39, 0.29) is 6.04 Å². The molecule has 0 fully saturated rings. The van der Waals surface area contributed by atoms with E-state index in [1.807, 2.05) is 18.2 Å². The molecule has 3 nitrogen and oxygen atoms in total. The fourth-order valence-corrected chi connectivity index (χ4v) is 3.02. The minimum atomic E-state index is 0.182. The molecule has 2 aromatic carbocycles. The van der Waals surface area contributed by atoms with Crippen LogP contribution in [0.3, 0.4) is 0 Å². The van der Waals surface area contributed by atoms with Crippen molar-refractivity contribution in [3.63, 3.8) is 0 Å². The maximum atomic E-state index is 5.89. The number of fused-ring (bicyclic) bond motifs is 2. The van der Waals surface area contributed by atoms with Gasteiger partial charge >= 0.3 is 0 Å². The lowest BCUT2D eigenvalue weighted by Gasteiger charge is -2.28. The first-order valence-corrected chi connectivity index (χ1v) is 6.88. The minimum Gasteiger partial charge on any atom is -0.489 e. The Morgan fingerprint density at radius 1 is 1.05 bits per heavy atom. The zero-order valence-corrected chi connectivity index (χ0v) is 11.3. The number of hydrogen-bond donors (Lipinski definition) is 2. The topological polar surface area (TPSA) is 37.0 Å². The Hall–Kier alpha value is -2.42. The van der Waals surface area contributed by atoms with Gasteiger partial charge in [-0.3, -0.25) is 0 Å². The highest BCUT2D eigenvalue weighted by molar-refractivity contribution is 5.85. The summed E-state index contributed by atoms with van der Waals surface area (Å²) in [6.07, 6.45) is 0. The van der Waals surface area contributed by atoms with Crippen LogP contribution in [0.2, 0.25) is 0 Å². The zero-order valence-electron chi connectivity index (χ0n) is 11.3. The summed E-state index contributed by atoms with van der Waals surface area (Å²) in [4.78, 5) is 3.45. The van der Waals surface area contributed by atoms with Gasteiger partial charge < -0.3 is 15.0 Å². The average Bonchev–Trinajstić information content (AvgIpc) is 2.82. The smallest absolute Gasteiger partial charge is 0.142 e. The first kappa shape index (κ1) is 11.4. The number of para-hydroxylation sites is 3. The Bertz CT molecular complexity index is 776. The summed E-state index contributed by atoms with van der Waals surface area (Å²) < 4.78 is 5.89. The van der Waals surface area contributed by atoms with Crippen LogP contribution in [0.25, 0.3) is 10.9 Å². The van der Waals surface area contributed by atoms with Crippen molar-refractivity contribution in [1.29, 1.82) is 0 Å². The van der Waals surface area contributed by atoms with Crippen LogP contribution in [0.4, 0.5) is 5.69 Å². The number of anilines is 1. The standard InChI is InChI=1S/C17H16N2O/c1-11-17(12-6-2-3-7-13(12)18-11)15-10-20-16-9-5-4-8-14(16)19-15/h2-9,15,18-19H,10H2,1H3. The number of aromatic amines is 1. The Kier molecular flexibility index (Phi) is 2.46. The third-order valence-corrected chi connectivity index (χ3v) is 3.91. The Labute approximate surface area is 117 Å². The van der Waals surface area contributed by atoms with Crippen LogP contribution < -0.4 is 10.1 Å². The molecule has 0 amide bonds. The third kappa shape index (κ3) is 1.67. The summed E-state index contributed by atoms with van der Waals surface area (Å²) in [5.74, 6) is 0.932. The zero-order chi connectivity index (χ0) is 13.5. The van der Waals surface area contributed by atoms with Gasteiger partial charge in [-0.1, -0.05) is 30.3 Å². The largest absolute Gasteiger partial charge is 0.489 e. The van der Waals surface area contributed by atoms with Crippen molar-refractivity contribution in [3.05, 3.63) is 59.8 Å². The Balaban J connectivity index is 1.80. The summed E-state index contributed by atoms with van der Waals surface area (Å²) >= 11 is 0. The Morgan fingerprint density at radius 3 is 2.80 bits per heavy atom. The van der Waals surface area contributed by atoms with E-state index in [4.69, 9.17) is 4.74 Å². The van der Waals surface area contributed by atoms with Gasteiger partial charge in [-0.2, -0.15) is 0 Å². The molecule has 0 spiro atoms. The van der Waals surface area contributed by atoms with Crippen LogP contribution in [-0.4, -0.2) is 11.6 Å². The number of aromatic nitrogens is 1. The van der Waals surface area contributed by atoms with Crippen molar-refractivity contribution in [1.82, 2.24) is 4.98 Å². The molecule has 3 heteroatoms. The van der Waals surface area contributed by atoms with Crippen LogP contribution >= 0.6 is 0 Å². The van der Waals surface area contributed by atoms with E-state index >= 15 is 0 Å². The molecule has 100 valence electrons. The molecule has 1 aliphatic rings. The Morgan fingerprint density at radius 2 is 1.85 bits per heavy atom. The predicted molar refractivity (Wildman–Crippen MR) is 81.3 cm³/mol. The molecule has 0 saturated heterocycles. The second-order valence-electron chi connectivity index (χ2n) is 5.21. The molecular formula is C17H16N2O. The average molecular weight is 264 g/mol. The number of hydrogen-bond acceptors (Lipinski definition) is 2. The van der Waals surface area contributed by atoms with E-state index < -0.39 is 0 Å². The van der Waals surface area contributed by atoms with Gasteiger partial charge in [-0.15, -0.1) is 0 Å². The highest BCUT2D eigenvalue weighted by Gasteiger charge is 2.24. The van der Waals surface area contributed by atoms with Crippen LogP contribution in [0.15, 0.2) is 48.5 Å². The number of benzene rings is 2. The molecule has 1 unspecified atom stereocenters. The van der Waals surface area contributed by atoms with Gasteiger partial charge in [0.1, 0.15) is 12.4 Å². The minimum absolute atomic E-state index is 0.182. The second-order valence-corrected chi connectivity index (χ2v) is 5.21. The third-order valence-electron chi connectivity index (χ3n) is 3.91. The summed E-state index contributed by atoms with van der Waals surface area (Å²) in [6, 6.07) is 16.7. The molecule has 1 aliphatic heterocycles. The highest BCUT2D eigenvalue weighted by Crippen LogP contribution is 2.36. The molecule has 0 saturated carbocycles. The summed E-state index contributed by atoms with van der Waals surface area (Å²) in [7, 11) is 0. The van der Waals surface area contributed by atoms with E-state index in [0.717, 1.165) is 11.4 Å². The van der Waals surface area contributed by atoms with Crippen molar-refractivity contribution in [2.75, 3.05) is 11.9 Å². The molecule has 4 rings (SSSR count). The van der Waals surface area contributed by atoms with Crippen LogP contribution in [0.1, 0.15) is 17.3 Å². The van der Waals surface area contributed by atoms with Gasteiger partial charge in [-0.25, -0.2) is 0 Å². The molecule has 3 aromatic rings. The van der Waals surface area contributed by atoms with Crippen LogP contribution in [0, 0.1) is 6.92 Å². The molecule has 1 aromatic heterocycles.